The molecule has 1 aliphatic heterocycles. The molecule has 0 bridgehead atoms. The van der Waals surface area contributed by atoms with Crippen molar-refractivity contribution in [1.82, 2.24) is 14.7 Å². The average Bonchev–Trinajstić information content (AvgIpc) is 2.90. The number of aromatic nitrogens is 2. The molecule has 0 saturated carbocycles. The second-order valence-electron chi connectivity index (χ2n) is 6.66. The molecule has 2 rings (SSSR count). The molecule has 2 heterocycles. The monoisotopic (exact) mass is 307 g/mol. The predicted octanol–water partition coefficient (Wildman–Crippen LogP) is 2.54. The Kier molecular flexibility index (Phi) is 5.75. The lowest BCUT2D eigenvalue weighted by Crippen LogP contribution is -2.54. The van der Waals surface area contributed by atoms with Crippen LogP contribution < -0.4 is 0 Å². The van der Waals surface area contributed by atoms with Crippen LogP contribution in [0.1, 0.15) is 56.7 Å². The lowest BCUT2D eigenvalue weighted by atomic mass is 10.0. The van der Waals surface area contributed by atoms with E-state index in [-0.39, 0.29) is 11.3 Å². The first-order chi connectivity index (χ1) is 10.5. The summed E-state index contributed by atoms with van der Waals surface area (Å²) in [7, 11) is 0. The third kappa shape index (κ3) is 3.96. The van der Waals surface area contributed by atoms with Crippen LogP contribution in [0.2, 0.25) is 0 Å². The van der Waals surface area contributed by atoms with Crippen molar-refractivity contribution < 1.29 is 9.53 Å². The Morgan fingerprint density at radius 3 is 2.82 bits per heavy atom. The molecule has 1 aromatic heterocycles. The number of aryl methyl sites for hydroxylation is 2. The minimum absolute atomic E-state index is 0.0910. The van der Waals surface area contributed by atoms with Crippen LogP contribution in [0, 0.1) is 0 Å². The highest BCUT2D eigenvalue weighted by molar-refractivity contribution is 5.96. The average molecular weight is 307 g/mol. The number of ketones is 1. The number of hydrogen-bond donors (Lipinski definition) is 0. The van der Waals surface area contributed by atoms with E-state index in [1.807, 2.05) is 10.7 Å². The molecule has 0 unspecified atom stereocenters. The van der Waals surface area contributed by atoms with Gasteiger partial charge in [-0.05, 0) is 32.8 Å². The Bertz CT molecular complexity index is 508. The van der Waals surface area contributed by atoms with Crippen molar-refractivity contribution >= 4 is 5.78 Å². The van der Waals surface area contributed by atoms with Crippen molar-refractivity contribution in [1.29, 1.82) is 0 Å². The maximum absolute atomic E-state index is 12.6. The number of unbranched alkanes of at least 4 members (excludes halogenated alkanes) is 1. The van der Waals surface area contributed by atoms with E-state index in [1.54, 1.807) is 0 Å². The summed E-state index contributed by atoms with van der Waals surface area (Å²) >= 11 is 0. The number of ether oxygens (including phenoxy) is 1. The van der Waals surface area contributed by atoms with E-state index < -0.39 is 0 Å². The Morgan fingerprint density at radius 1 is 1.41 bits per heavy atom. The highest BCUT2D eigenvalue weighted by Gasteiger charge is 2.32. The molecule has 124 valence electrons. The topological polar surface area (TPSA) is 47.4 Å². The van der Waals surface area contributed by atoms with Crippen LogP contribution in [0.4, 0.5) is 0 Å². The highest BCUT2D eigenvalue weighted by atomic mass is 16.5. The third-order valence-electron chi connectivity index (χ3n) is 4.39. The quantitative estimate of drug-likeness (QED) is 0.726. The van der Waals surface area contributed by atoms with Crippen LogP contribution in [0.15, 0.2) is 6.07 Å². The van der Waals surface area contributed by atoms with Gasteiger partial charge in [-0.2, -0.15) is 5.10 Å². The SMILES string of the molecule is CCCCn1nc(C(=O)CN2CCOCC2(C)C)cc1CC. The van der Waals surface area contributed by atoms with Crippen molar-refractivity contribution in [2.75, 3.05) is 26.3 Å². The first kappa shape index (κ1) is 17.2. The van der Waals surface area contributed by atoms with Gasteiger partial charge in [0, 0.05) is 24.3 Å². The number of Topliss-reactive ketones (excluding diaryl/α,β-unsaturated/α-hetero) is 1. The number of nitrogens with zero attached hydrogens (tertiary/aromatic N) is 3. The molecular weight excluding hydrogens is 278 g/mol. The Labute approximate surface area is 133 Å². The summed E-state index contributed by atoms with van der Waals surface area (Å²) in [6, 6.07) is 1.96. The molecule has 0 amide bonds. The minimum Gasteiger partial charge on any atom is -0.378 e. The van der Waals surface area contributed by atoms with Gasteiger partial charge in [-0.15, -0.1) is 0 Å². The summed E-state index contributed by atoms with van der Waals surface area (Å²) < 4.78 is 7.52. The van der Waals surface area contributed by atoms with E-state index >= 15 is 0 Å². The first-order valence-electron chi connectivity index (χ1n) is 8.40. The summed E-state index contributed by atoms with van der Waals surface area (Å²) in [5, 5.41) is 4.54. The maximum Gasteiger partial charge on any atom is 0.197 e. The molecule has 5 heteroatoms. The van der Waals surface area contributed by atoms with Gasteiger partial charge in [0.1, 0.15) is 5.69 Å². The number of morpholine rings is 1. The lowest BCUT2D eigenvalue weighted by Gasteiger charge is -2.41. The molecule has 0 spiro atoms. The molecule has 1 saturated heterocycles. The second-order valence-corrected chi connectivity index (χ2v) is 6.66. The zero-order valence-electron chi connectivity index (χ0n) is 14.4. The molecule has 22 heavy (non-hydrogen) atoms. The highest BCUT2D eigenvalue weighted by Crippen LogP contribution is 2.19. The van der Waals surface area contributed by atoms with Gasteiger partial charge in [-0.1, -0.05) is 20.3 Å². The van der Waals surface area contributed by atoms with E-state index in [1.165, 1.54) is 0 Å². The number of hydrogen-bond acceptors (Lipinski definition) is 4. The fourth-order valence-electron chi connectivity index (χ4n) is 2.82. The van der Waals surface area contributed by atoms with Crippen molar-refractivity contribution in [3.05, 3.63) is 17.5 Å². The van der Waals surface area contributed by atoms with Gasteiger partial charge in [-0.25, -0.2) is 0 Å². The molecule has 0 radical (unpaired) electrons. The molecule has 0 aromatic carbocycles. The molecular formula is C17H29N3O2. The fourth-order valence-corrected chi connectivity index (χ4v) is 2.82. The van der Waals surface area contributed by atoms with E-state index in [0.717, 1.165) is 38.0 Å². The van der Waals surface area contributed by atoms with Gasteiger partial charge in [0.05, 0.1) is 19.8 Å². The van der Waals surface area contributed by atoms with Crippen LogP contribution in [0.25, 0.3) is 0 Å². The van der Waals surface area contributed by atoms with Crippen LogP contribution in [-0.2, 0) is 17.7 Å². The summed E-state index contributed by atoms with van der Waals surface area (Å²) in [5.74, 6) is 0.111. The van der Waals surface area contributed by atoms with E-state index in [9.17, 15) is 4.79 Å². The molecule has 1 fully saturated rings. The molecule has 1 aliphatic rings. The Morgan fingerprint density at radius 2 is 2.18 bits per heavy atom. The van der Waals surface area contributed by atoms with Gasteiger partial charge in [-0.3, -0.25) is 14.4 Å². The van der Waals surface area contributed by atoms with Gasteiger partial charge in [0.2, 0.25) is 0 Å². The zero-order valence-corrected chi connectivity index (χ0v) is 14.4. The van der Waals surface area contributed by atoms with E-state index in [0.29, 0.717) is 25.5 Å². The van der Waals surface area contributed by atoms with E-state index in [2.05, 4.69) is 37.7 Å². The minimum atomic E-state index is -0.0910. The first-order valence-corrected chi connectivity index (χ1v) is 8.40. The van der Waals surface area contributed by atoms with E-state index in [4.69, 9.17) is 4.74 Å². The third-order valence-corrected chi connectivity index (χ3v) is 4.39. The van der Waals surface area contributed by atoms with Gasteiger partial charge in [0.15, 0.2) is 5.78 Å². The summed E-state index contributed by atoms with van der Waals surface area (Å²) in [6.07, 6.45) is 3.14. The van der Waals surface area contributed by atoms with Crippen molar-refractivity contribution in [2.45, 2.75) is 59.0 Å². The largest absolute Gasteiger partial charge is 0.378 e. The van der Waals surface area contributed by atoms with Crippen molar-refractivity contribution in [3.8, 4) is 0 Å². The Hall–Kier alpha value is -1.20. The summed E-state index contributed by atoms with van der Waals surface area (Å²) in [6.45, 7) is 12.0. The van der Waals surface area contributed by atoms with Gasteiger partial charge in [0.25, 0.3) is 0 Å². The second kappa shape index (κ2) is 7.38. The normalized spacial score (nSPS) is 18.5. The smallest absolute Gasteiger partial charge is 0.197 e. The molecule has 5 nitrogen and oxygen atoms in total. The lowest BCUT2D eigenvalue weighted by molar-refractivity contribution is -0.0467. The summed E-state index contributed by atoms with van der Waals surface area (Å²) in [4.78, 5) is 14.8. The summed E-state index contributed by atoms with van der Waals surface area (Å²) in [5.41, 5.74) is 1.67. The van der Waals surface area contributed by atoms with Gasteiger partial charge < -0.3 is 4.74 Å². The standard InChI is InChI=1S/C17H29N3O2/c1-5-7-8-20-14(6-2)11-15(18-20)16(21)12-19-9-10-22-13-17(19,3)4/h11H,5-10,12-13H2,1-4H3. The number of rotatable bonds is 7. The van der Waals surface area contributed by atoms with Gasteiger partial charge >= 0.3 is 0 Å². The van der Waals surface area contributed by atoms with Crippen molar-refractivity contribution in [3.63, 3.8) is 0 Å². The fraction of sp³-hybridized carbons (Fsp3) is 0.765. The molecule has 0 aliphatic carbocycles. The van der Waals surface area contributed by atoms with Crippen LogP contribution in [0.3, 0.4) is 0 Å². The maximum atomic E-state index is 12.6. The Balaban J connectivity index is 2.07. The molecule has 1 aromatic rings. The predicted molar refractivity (Wildman–Crippen MR) is 87.3 cm³/mol. The number of carbonyl (C=O) groups excluding carboxylic acids is 1. The molecule has 0 atom stereocenters. The van der Waals surface area contributed by atoms with Crippen LogP contribution in [-0.4, -0.2) is 52.3 Å². The molecule has 0 N–H and O–H groups in total. The van der Waals surface area contributed by atoms with Crippen LogP contribution in [0.5, 0.6) is 0 Å². The van der Waals surface area contributed by atoms with Crippen LogP contribution >= 0.6 is 0 Å². The van der Waals surface area contributed by atoms with Crippen molar-refractivity contribution in [2.24, 2.45) is 0 Å². The number of carbonyl (C=O) groups is 1. The zero-order chi connectivity index (χ0) is 16.2.